The molecular formula is C48H71NO13. The molecule has 18 atom stereocenters. The molecule has 4 saturated carbocycles. The van der Waals surface area contributed by atoms with Crippen LogP contribution in [0.3, 0.4) is 0 Å². The fourth-order valence-corrected chi connectivity index (χ4v) is 14.3. The maximum Gasteiger partial charge on any atom is 0.335 e. The molecule has 8 rings (SSSR count). The molecule has 0 spiro atoms. The first-order chi connectivity index (χ1) is 29.0. The highest BCUT2D eigenvalue weighted by Gasteiger charge is 2.70. The van der Waals surface area contributed by atoms with Gasteiger partial charge in [-0.2, -0.15) is 0 Å². The van der Waals surface area contributed by atoms with Gasteiger partial charge in [-0.05, 0) is 135 Å². The van der Waals surface area contributed by atoms with Gasteiger partial charge in [0.2, 0.25) is 5.91 Å². The Balaban J connectivity index is 1.05. The Hall–Kier alpha value is -2.50. The number of hydrogen-bond donors (Lipinski definition) is 8. The second-order valence-electron chi connectivity index (χ2n) is 22.1. The van der Waals surface area contributed by atoms with Crippen LogP contribution in [0.25, 0.3) is 0 Å². The van der Waals surface area contributed by atoms with E-state index in [0.29, 0.717) is 12.1 Å². The van der Waals surface area contributed by atoms with E-state index in [0.717, 1.165) is 57.8 Å². The Morgan fingerprint density at radius 1 is 0.806 bits per heavy atom. The molecule has 5 aliphatic carbocycles. The number of benzene rings is 1. The lowest BCUT2D eigenvalue weighted by Crippen LogP contribution is -2.67. The van der Waals surface area contributed by atoms with Crippen molar-refractivity contribution in [1.82, 2.24) is 0 Å². The molecule has 0 bridgehead atoms. The van der Waals surface area contributed by atoms with Gasteiger partial charge in [-0.1, -0.05) is 53.2 Å². The largest absolute Gasteiger partial charge is 0.478 e. The molecule has 14 nitrogen and oxygen atoms in total. The number of carbonyl (C=O) groups is 2. The van der Waals surface area contributed by atoms with E-state index in [1.165, 1.54) is 24.6 Å². The van der Waals surface area contributed by atoms with Gasteiger partial charge in [0.1, 0.15) is 36.6 Å². The number of amides is 1. The molecule has 8 N–H and O–H groups in total. The van der Waals surface area contributed by atoms with Crippen LogP contribution in [0.5, 0.6) is 0 Å². The number of aliphatic hydroxyl groups excluding tert-OH is 6. The van der Waals surface area contributed by atoms with Crippen molar-refractivity contribution in [2.45, 2.75) is 174 Å². The van der Waals surface area contributed by atoms with E-state index in [1.54, 1.807) is 12.1 Å². The normalized spacial score (nSPS) is 48.7. The highest BCUT2D eigenvalue weighted by atomic mass is 16.8. The smallest absolute Gasteiger partial charge is 0.335 e. The Kier molecular flexibility index (Phi) is 12.0. The molecule has 0 aromatic heterocycles. The minimum absolute atomic E-state index is 0.0222. The van der Waals surface area contributed by atoms with Crippen molar-refractivity contribution in [1.29, 1.82) is 0 Å². The molecule has 1 amide bonds. The van der Waals surface area contributed by atoms with Crippen LogP contribution < -0.4 is 5.32 Å². The average Bonchev–Trinajstić information content (AvgIpc) is 3.22. The molecule has 2 aliphatic heterocycles. The minimum Gasteiger partial charge on any atom is -0.478 e. The summed E-state index contributed by atoms with van der Waals surface area (Å²) in [5.41, 5.74) is 0.524. The van der Waals surface area contributed by atoms with Gasteiger partial charge in [0.25, 0.3) is 0 Å². The Labute approximate surface area is 365 Å². The van der Waals surface area contributed by atoms with Crippen molar-refractivity contribution in [3.8, 4) is 0 Å². The Bertz CT molecular complexity index is 1890. The maximum atomic E-state index is 14.6. The van der Waals surface area contributed by atoms with Crippen LogP contribution in [0.4, 0.5) is 5.69 Å². The van der Waals surface area contributed by atoms with Crippen LogP contribution in [0.1, 0.15) is 123 Å². The van der Waals surface area contributed by atoms with Gasteiger partial charge in [0.15, 0.2) is 12.6 Å². The predicted octanol–water partition coefficient (Wildman–Crippen LogP) is 4.77. The van der Waals surface area contributed by atoms with E-state index >= 15 is 0 Å². The zero-order valence-electron chi connectivity index (χ0n) is 37.5. The van der Waals surface area contributed by atoms with Gasteiger partial charge in [0.05, 0.1) is 36.4 Å². The zero-order chi connectivity index (χ0) is 44.9. The lowest BCUT2D eigenvalue weighted by atomic mass is 9.33. The fraction of sp³-hybridized carbons (Fsp3) is 0.792. The SMILES string of the molecule is C[C@@H]1O[C@@H](O[C@H]2[C@H](O[C@H]3CC[C@@]4(C)[C@@H](CC[C@]5(C)[C@@H]4CC=C4[C@@H]6CC(C)(C)CC[C@]6(C(=O)Nc6ccc(C(=O)O)cc6)CC[C@]45C)[C@]3(C)CO)OC[C@H](O)[C@@H]2O)[C@H](O)[C@H](O)[C@H]1O. The molecule has 0 radical (unpaired) electrons. The van der Waals surface area contributed by atoms with Crippen LogP contribution in [0.15, 0.2) is 35.9 Å². The van der Waals surface area contributed by atoms with E-state index in [-0.39, 0.29) is 64.1 Å². The summed E-state index contributed by atoms with van der Waals surface area (Å²) in [6.07, 6.45) is -1.85. The van der Waals surface area contributed by atoms with Crippen LogP contribution >= 0.6 is 0 Å². The summed E-state index contributed by atoms with van der Waals surface area (Å²) >= 11 is 0. The summed E-state index contributed by atoms with van der Waals surface area (Å²) in [6, 6.07) is 6.41. The number of aromatic carboxylic acids is 1. The maximum absolute atomic E-state index is 14.6. The molecule has 7 aliphatic rings. The number of ether oxygens (including phenoxy) is 4. The number of rotatable bonds is 8. The highest BCUT2D eigenvalue weighted by molar-refractivity contribution is 5.97. The number of allylic oxidation sites excluding steroid dienone is 2. The van der Waals surface area contributed by atoms with Crippen molar-refractivity contribution in [3.05, 3.63) is 41.5 Å². The summed E-state index contributed by atoms with van der Waals surface area (Å²) in [5.74, 6) is -0.576. The third-order valence-electron chi connectivity index (χ3n) is 18.4. The molecule has 1 aromatic rings. The first-order valence-electron chi connectivity index (χ1n) is 23.0. The number of carboxylic acid groups (broad SMARTS) is 1. The molecule has 1 aromatic carbocycles. The van der Waals surface area contributed by atoms with Crippen LogP contribution in [-0.4, -0.2) is 122 Å². The fourth-order valence-electron chi connectivity index (χ4n) is 14.3. The molecule has 0 unspecified atom stereocenters. The van der Waals surface area contributed by atoms with E-state index in [1.807, 2.05) is 0 Å². The highest BCUT2D eigenvalue weighted by Crippen LogP contribution is 2.76. The summed E-state index contributed by atoms with van der Waals surface area (Å²) in [7, 11) is 0. The third kappa shape index (κ3) is 7.13. The number of nitrogens with one attached hydrogen (secondary N) is 1. The molecule has 62 heavy (non-hydrogen) atoms. The zero-order valence-corrected chi connectivity index (χ0v) is 37.5. The summed E-state index contributed by atoms with van der Waals surface area (Å²) in [5, 5.41) is 77.3. The second kappa shape index (κ2) is 16.1. The van der Waals surface area contributed by atoms with Gasteiger partial charge >= 0.3 is 5.97 Å². The summed E-state index contributed by atoms with van der Waals surface area (Å²) in [4.78, 5) is 26.2. The molecule has 346 valence electrons. The minimum atomic E-state index is -1.64. The number of fused-ring (bicyclic) bond motifs is 7. The molecule has 6 fully saturated rings. The number of carboxylic acids is 1. The number of hydrogen-bond acceptors (Lipinski definition) is 12. The molecule has 14 heteroatoms. The van der Waals surface area contributed by atoms with E-state index in [4.69, 9.17) is 18.9 Å². The predicted molar refractivity (Wildman–Crippen MR) is 226 cm³/mol. The van der Waals surface area contributed by atoms with Crippen LogP contribution in [-0.2, 0) is 23.7 Å². The average molecular weight is 870 g/mol. The van der Waals surface area contributed by atoms with Crippen molar-refractivity contribution in [3.63, 3.8) is 0 Å². The monoisotopic (exact) mass is 869 g/mol. The lowest BCUT2D eigenvalue weighted by Gasteiger charge is -2.71. The van der Waals surface area contributed by atoms with Crippen molar-refractivity contribution < 1.29 is 64.3 Å². The van der Waals surface area contributed by atoms with Gasteiger partial charge in [-0.15, -0.1) is 0 Å². The van der Waals surface area contributed by atoms with Gasteiger partial charge < -0.3 is 60.0 Å². The van der Waals surface area contributed by atoms with Gasteiger partial charge in [-0.3, -0.25) is 4.79 Å². The quantitative estimate of drug-likeness (QED) is 0.130. The number of carbonyl (C=O) groups excluding carboxylic acids is 1. The van der Waals surface area contributed by atoms with Crippen molar-refractivity contribution in [2.24, 2.45) is 50.2 Å². The van der Waals surface area contributed by atoms with Crippen molar-refractivity contribution >= 4 is 17.6 Å². The van der Waals surface area contributed by atoms with Crippen molar-refractivity contribution in [2.75, 3.05) is 18.5 Å². The van der Waals surface area contributed by atoms with E-state index in [2.05, 4.69) is 52.9 Å². The van der Waals surface area contributed by atoms with E-state index in [9.17, 15) is 45.3 Å². The topological polar surface area (TPSA) is 225 Å². The van der Waals surface area contributed by atoms with E-state index < -0.39 is 78.2 Å². The van der Waals surface area contributed by atoms with Gasteiger partial charge in [0, 0.05) is 11.1 Å². The first-order valence-corrected chi connectivity index (χ1v) is 23.0. The third-order valence-corrected chi connectivity index (χ3v) is 18.4. The molecular weight excluding hydrogens is 799 g/mol. The van der Waals surface area contributed by atoms with Crippen LogP contribution in [0, 0.1) is 50.2 Å². The number of aliphatic hydroxyl groups is 6. The lowest BCUT2D eigenvalue weighted by molar-refractivity contribution is -0.365. The Morgan fingerprint density at radius 2 is 1.50 bits per heavy atom. The number of anilines is 1. The standard InChI is InChI=1S/C48H71NO13/c1-25-34(52)36(54)37(55)40(60-25)62-38-35(53)30(51)23-59-41(38)61-33-15-16-44(4)31(45(33,5)24-50)14-17-47(7)32(44)13-12-28-29-22-43(2,3)18-20-48(29,21-19-46(28,47)6)42(58)49-27-10-8-26(9-11-27)39(56)57/h8-12,25,29-38,40-41,50-55H,13-24H2,1-7H3,(H,49,58)(H,56,57)/t25-,29-,30-,31+,32+,33-,34-,35-,36+,37+,38+,40-,41-,44-,45-,46+,47+,48-/m0/s1. The molecule has 2 heterocycles. The Morgan fingerprint density at radius 3 is 2.18 bits per heavy atom. The summed E-state index contributed by atoms with van der Waals surface area (Å²) < 4.78 is 24.5. The molecule has 2 saturated heterocycles. The first kappa shape index (κ1) is 46.0. The van der Waals surface area contributed by atoms with Crippen LogP contribution in [0.2, 0.25) is 0 Å². The van der Waals surface area contributed by atoms with Gasteiger partial charge in [-0.25, -0.2) is 4.79 Å². The summed E-state index contributed by atoms with van der Waals surface area (Å²) in [6.45, 7) is 15.2. The second-order valence-corrected chi connectivity index (χ2v) is 22.1.